The number of anilines is 1. The number of carbonyl (C=O) groups excluding carboxylic acids is 2. The SMILES string of the molecule is CC(=O)OCn1cc(C=C2C(=O)Nc3ccccc32)c2ccccc21. The van der Waals surface area contributed by atoms with Gasteiger partial charge in [-0.3, -0.25) is 9.59 Å². The van der Waals surface area contributed by atoms with E-state index in [4.69, 9.17) is 4.74 Å². The quantitative estimate of drug-likeness (QED) is 0.588. The highest BCUT2D eigenvalue weighted by molar-refractivity contribution is 6.35. The molecule has 1 aliphatic rings. The topological polar surface area (TPSA) is 60.3 Å². The van der Waals surface area contributed by atoms with Crippen molar-refractivity contribution in [1.82, 2.24) is 4.57 Å². The predicted octanol–water partition coefficient (Wildman–Crippen LogP) is 3.65. The first kappa shape index (κ1) is 15.2. The summed E-state index contributed by atoms with van der Waals surface area (Å²) in [5.74, 6) is -0.445. The van der Waals surface area contributed by atoms with E-state index in [1.165, 1.54) is 6.92 Å². The fraction of sp³-hybridized carbons (Fsp3) is 0.100. The van der Waals surface area contributed by atoms with Gasteiger partial charge in [-0.1, -0.05) is 36.4 Å². The van der Waals surface area contributed by atoms with Crippen molar-refractivity contribution in [2.45, 2.75) is 13.7 Å². The average Bonchev–Trinajstić information content (AvgIpc) is 3.12. The van der Waals surface area contributed by atoms with Crippen molar-refractivity contribution >= 4 is 40.1 Å². The van der Waals surface area contributed by atoms with Crippen molar-refractivity contribution in [2.24, 2.45) is 0 Å². The molecule has 1 N–H and O–H groups in total. The number of ether oxygens (including phenoxy) is 1. The Labute approximate surface area is 144 Å². The molecule has 124 valence electrons. The van der Waals surface area contributed by atoms with Crippen LogP contribution in [-0.2, 0) is 21.1 Å². The van der Waals surface area contributed by atoms with Crippen molar-refractivity contribution in [1.29, 1.82) is 0 Å². The zero-order valence-corrected chi connectivity index (χ0v) is 13.7. The monoisotopic (exact) mass is 332 g/mol. The van der Waals surface area contributed by atoms with E-state index in [2.05, 4.69) is 5.32 Å². The normalized spacial score (nSPS) is 14.6. The fourth-order valence-electron chi connectivity index (χ4n) is 3.10. The first-order valence-electron chi connectivity index (χ1n) is 7.97. The number of aromatic nitrogens is 1. The van der Waals surface area contributed by atoms with E-state index < -0.39 is 0 Å². The second kappa shape index (κ2) is 5.94. The van der Waals surface area contributed by atoms with Crippen LogP contribution in [0, 0.1) is 0 Å². The molecule has 0 spiro atoms. The fourth-order valence-corrected chi connectivity index (χ4v) is 3.10. The van der Waals surface area contributed by atoms with Crippen molar-refractivity contribution in [3.05, 3.63) is 65.9 Å². The molecular formula is C20H16N2O3. The summed E-state index contributed by atoms with van der Waals surface area (Å²) in [7, 11) is 0. The van der Waals surface area contributed by atoms with E-state index in [9.17, 15) is 9.59 Å². The van der Waals surface area contributed by atoms with Crippen LogP contribution >= 0.6 is 0 Å². The molecule has 0 atom stereocenters. The number of nitrogens with one attached hydrogen (secondary N) is 1. The van der Waals surface area contributed by atoms with Crippen LogP contribution in [0.5, 0.6) is 0 Å². The second-order valence-electron chi connectivity index (χ2n) is 5.89. The van der Waals surface area contributed by atoms with Crippen LogP contribution in [0.25, 0.3) is 22.6 Å². The highest BCUT2D eigenvalue weighted by Crippen LogP contribution is 2.34. The van der Waals surface area contributed by atoms with Gasteiger partial charge in [-0.05, 0) is 18.2 Å². The Morgan fingerprint density at radius 2 is 1.92 bits per heavy atom. The van der Waals surface area contributed by atoms with E-state index in [0.717, 1.165) is 27.7 Å². The maximum atomic E-state index is 12.3. The van der Waals surface area contributed by atoms with E-state index in [0.29, 0.717) is 5.57 Å². The van der Waals surface area contributed by atoms with E-state index in [1.807, 2.05) is 65.4 Å². The van der Waals surface area contributed by atoms with Gasteiger partial charge in [-0.15, -0.1) is 0 Å². The number of para-hydroxylation sites is 2. The molecule has 5 heteroatoms. The van der Waals surface area contributed by atoms with Gasteiger partial charge in [0.05, 0.1) is 5.52 Å². The van der Waals surface area contributed by atoms with Crippen molar-refractivity contribution < 1.29 is 14.3 Å². The van der Waals surface area contributed by atoms with Crippen LogP contribution in [0.15, 0.2) is 54.7 Å². The van der Waals surface area contributed by atoms with Crippen LogP contribution in [0.1, 0.15) is 18.1 Å². The number of hydrogen-bond donors (Lipinski definition) is 1. The largest absolute Gasteiger partial charge is 0.444 e. The number of rotatable bonds is 3. The molecule has 0 aliphatic carbocycles. The summed E-state index contributed by atoms with van der Waals surface area (Å²) in [6, 6.07) is 15.5. The Kier molecular flexibility index (Phi) is 3.61. The van der Waals surface area contributed by atoms with E-state index in [1.54, 1.807) is 0 Å². The first-order chi connectivity index (χ1) is 12.1. The maximum Gasteiger partial charge on any atom is 0.304 e. The zero-order valence-electron chi connectivity index (χ0n) is 13.7. The lowest BCUT2D eigenvalue weighted by Crippen LogP contribution is -2.05. The Hall–Kier alpha value is -3.34. The molecule has 3 aromatic rings. The minimum Gasteiger partial charge on any atom is -0.444 e. The molecule has 25 heavy (non-hydrogen) atoms. The van der Waals surface area contributed by atoms with Gasteiger partial charge in [0, 0.05) is 40.9 Å². The number of fused-ring (bicyclic) bond motifs is 2. The summed E-state index contributed by atoms with van der Waals surface area (Å²) in [4.78, 5) is 23.5. The van der Waals surface area contributed by atoms with Crippen LogP contribution in [0.4, 0.5) is 5.69 Å². The number of carbonyl (C=O) groups is 2. The molecule has 1 amide bonds. The van der Waals surface area contributed by atoms with Gasteiger partial charge >= 0.3 is 5.97 Å². The molecule has 0 saturated heterocycles. The average molecular weight is 332 g/mol. The minimum absolute atomic E-state index is 0.113. The molecule has 2 heterocycles. The molecule has 1 aliphatic heterocycles. The molecule has 0 unspecified atom stereocenters. The van der Waals surface area contributed by atoms with Gasteiger partial charge in [0.2, 0.25) is 0 Å². The zero-order chi connectivity index (χ0) is 17.4. The number of amides is 1. The first-order valence-corrected chi connectivity index (χ1v) is 7.97. The molecule has 0 bridgehead atoms. The summed E-state index contributed by atoms with van der Waals surface area (Å²) in [6.07, 6.45) is 3.78. The van der Waals surface area contributed by atoms with Gasteiger partial charge in [0.15, 0.2) is 6.73 Å². The summed E-state index contributed by atoms with van der Waals surface area (Å²) in [6.45, 7) is 1.52. The highest BCUT2D eigenvalue weighted by Gasteiger charge is 2.23. The van der Waals surface area contributed by atoms with Crippen LogP contribution in [-0.4, -0.2) is 16.4 Å². The number of nitrogens with zero attached hydrogens (tertiary/aromatic N) is 1. The van der Waals surface area contributed by atoms with Crippen molar-refractivity contribution in [3.8, 4) is 0 Å². The smallest absolute Gasteiger partial charge is 0.304 e. The molecule has 0 fully saturated rings. The van der Waals surface area contributed by atoms with Crippen molar-refractivity contribution in [3.63, 3.8) is 0 Å². The summed E-state index contributed by atoms with van der Waals surface area (Å²) >= 11 is 0. The lowest BCUT2D eigenvalue weighted by atomic mass is 10.0. The summed E-state index contributed by atoms with van der Waals surface area (Å²) in [5, 5.41) is 3.88. The van der Waals surface area contributed by atoms with Crippen LogP contribution < -0.4 is 5.32 Å². The lowest BCUT2D eigenvalue weighted by molar-refractivity contribution is -0.144. The van der Waals surface area contributed by atoms with Crippen LogP contribution in [0.3, 0.4) is 0 Å². The van der Waals surface area contributed by atoms with Gasteiger partial charge < -0.3 is 14.6 Å². The second-order valence-corrected chi connectivity index (χ2v) is 5.89. The molecule has 2 aromatic carbocycles. The molecule has 5 nitrogen and oxygen atoms in total. The minimum atomic E-state index is -0.332. The molecule has 0 saturated carbocycles. The third-order valence-electron chi connectivity index (χ3n) is 4.24. The Bertz CT molecular complexity index is 1030. The third-order valence-corrected chi connectivity index (χ3v) is 4.24. The van der Waals surface area contributed by atoms with Gasteiger partial charge in [0.1, 0.15) is 0 Å². The molecule has 4 rings (SSSR count). The molecule has 0 radical (unpaired) electrons. The van der Waals surface area contributed by atoms with E-state index >= 15 is 0 Å². The predicted molar refractivity (Wildman–Crippen MR) is 96.6 cm³/mol. The lowest BCUT2D eigenvalue weighted by Gasteiger charge is -2.04. The van der Waals surface area contributed by atoms with Crippen LogP contribution in [0.2, 0.25) is 0 Å². The number of esters is 1. The third kappa shape index (κ3) is 2.70. The number of benzene rings is 2. The number of hydrogen-bond acceptors (Lipinski definition) is 3. The standard InChI is InChI=1S/C20H16N2O3/c1-13(23)25-12-22-11-14(15-6-3-5-9-19(15)22)10-17-16-7-2-4-8-18(16)21-20(17)24/h2-11H,12H2,1H3,(H,21,24). The van der Waals surface area contributed by atoms with Gasteiger partial charge in [-0.2, -0.15) is 0 Å². The summed E-state index contributed by atoms with van der Waals surface area (Å²) in [5.41, 5.74) is 4.20. The van der Waals surface area contributed by atoms with Crippen molar-refractivity contribution in [2.75, 3.05) is 5.32 Å². The molecule has 1 aromatic heterocycles. The van der Waals surface area contributed by atoms with Gasteiger partial charge in [0.25, 0.3) is 5.91 Å². The maximum absolute atomic E-state index is 12.3. The van der Waals surface area contributed by atoms with Gasteiger partial charge in [-0.25, -0.2) is 0 Å². The summed E-state index contributed by atoms with van der Waals surface area (Å²) < 4.78 is 6.98. The highest BCUT2D eigenvalue weighted by atomic mass is 16.5. The Morgan fingerprint density at radius 3 is 2.76 bits per heavy atom. The van der Waals surface area contributed by atoms with E-state index in [-0.39, 0.29) is 18.6 Å². The molecular weight excluding hydrogens is 316 g/mol. The Balaban J connectivity index is 1.82. The Morgan fingerprint density at radius 1 is 1.16 bits per heavy atom.